The highest BCUT2D eigenvalue weighted by Crippen LogP contribution is 2.65. The molecule has 1 aromatic carbocycles. The lowest BCUT2D eigenvalue weighted by atomic mass is 9.74. The minimum absolute atomic E-state index is 0.0924. The lowest BCUT2D eigenvalue weighted by Gasteiger charge is -2.36. The molecule has 2 aliphatic carbocycles. The molecule has 1 saturated heterocycles. The van der Waals surface area contributed by atoms with Crippen molar-refractivity contribution in [3.8, 4) is 5.75 Å². The van der Waals surface area contributed by atoms with E-state index >= 15 is 0 Å². The number of benzene rings is 1. The number of rotatable bonds is 9. The molecule has 36 heavy (non-hydrogen) atoms. The number of para-hydroxylation sites is 1. The minimum atomic E-state index is -3.97. The van der Waals surface area contributed by atoms with Gasteiger partial charge in [-0.25, -0.2) is 9.36 Å². The van der Waals surface area contributed by atoms with Gasteiger partial charge in [0.15, 0.2) is 0 Å². The minimum Gasteiger partial charge on any atom is -0.468 e. The lowest BCUT2D eigenvalue weighted by molar-refractivity contribution is -0.142. The van der Waals surface area contributed by atoms with E-state index in [2.05, 4.69) is 10.1 Å². The van der Waals surface area contributed by atoms with Crippen molar-refractivity contribution in [1.29, 1.82) is 0 Å². The number of fused-ring (bicyclic) bond motifs is 1. The molecule has 194 valence electrons. The number of aromatic amines is 1. The van der Waals surface area contributed by atoms with Crippen LogP contribution in [-0.4, -0.2) is 48.0 Å². The first-order chi connectivity index (χ1) is 17.1. The van der Waals surface area contributed by atoms with Crippen molar-refractivity contribution in [2.75, 3.05) is 20.3 Å². The van der Waals surface area contributed by atoms with E-state index in [1.54, 1.807) is 48.0 Å². The molecule has 0 spiro atoms. The summed E-state index contributed by atoms with van der Waals surface area (Å²) >= 11 is 0. The maximum absolute atomic E-state index is 13.8. The Kier molecular flexibility index (Phi) is 6.45. The fourth-order valence-electron chi connectivity index (χ4n) is 6.02. The molecule has 3 aliphatic rings. The van der Waals surface area contributed by atoms with E-state index < -0.39 is 36.4 Å². The Hall–Kier alpha value is -2.72. The highest BCUT2D eigenvalue weighted by Gasteiger charge is 2.66. The van der Waals surface area contributed by atoms with Gasteiger partial charge in [0.05, 0.1) is 32.5 Å². The van der Waals surface area contributed by atoms with Gasteiger partial charge in [-0.2, -0.15) is 5.09 Å². The number of nitrogens with zero attached hydrogens (tertiary/aromatic N) is 1. The van der Waals surface area contributed by atoms with E-state index in [1.165, 1.54) is 14.0 Å². The highest BCUT2D eigenvalue weighted by molar-refractivity contribution is 7.52. The molecule has 5 rings (SSSR count). The Morgan fingerprint density at radius 3 is 2.81 bits per heavy atom. The summed E-state index contributed by atoms with van der Waals surface area (Å²) in [6, 6.07) is 7.49. The molecule has 11 nitrogen and oxygen atoms in total. The Balaban J connectivity index is 1.35. The molecular weight excluding hydrogens is 489 g/mol. The van der Waals surface area contributed by atoms with Crippen molar-refractivity contribution in [2.24, 2.45) is 17.3 Å². The Morgan fingerprint density at radius 2 is 2.08 bits per heavy atom. The van der Waals surface area contributed by atoms with Crippen molar-refractivity contribution < 1.29 is 27.9 Å². The second-order valence-electron chi connectivity index (χ2n) is 9.96. The molecule has 3 fully saturated rings. The van der Waals surface area contributed by atoms with E-state index in [4.69, 9.17) is 18.5 Å². The molecule has 1 aliphatic heterocycles. The molecule has 6 unspecified atom stereocenters. The van der Waals surface area contributed by atoms with E-state index in [-0.39, 0.29) is 30.6 Å². The van der Waals surface area contributed by atoms with Gasteiger partial charge in [0.2, 0.25) is 0 Å². The van der Waals surface area contributed by atoms with E-state index in [0.717, 1.165) is 6.42 Å². The van der Waals surface area contributed by atoms with Crippen LogP contribution in [0.3, 0.4) is 0 Å². The van der Waals surface area contributed by atoms with E-state index in [1.807, 2.05) is 0 Å². The number of hydrogen-bond donors (Lipinski definition) is 2. The SMILES string of the molecule is COC(=O)[C@H](C)NP(=O)(OCC12COC3C(n4cc(C)c(=O)[nH]c4=O)C(CC31)C2)Oc1ccccc1. The van der Waals surface area contributed by atoms with Crippen LogP contribution in [0, 0.1) is 24.2 Å². The van der Waals surface area contributed by atoms with Gasteiger partial charge in [-0.15, -0.1) is 0 Å². The average Bonchev–Trinajstić information content (AvgIpc) is 3.46. The maximum Gasteiger partial charge on any atom is 0.459 e. The predicted molar refractivity (Wildman–Crippen MR) is 129 cm³/mol. The molecule has 2 N–H and O–H groups in total. The summed E-state index contributed by atoms with van der Waals surface area (Å²) in [4.78, 5) is 38.8. The van der Waals surface area contributed by atoms with Crippen molar-refractivity contribution in [3.63, 3.8) is 0 Å². The quantitative estimate of drug-likeness (QED) is 0.377. The average molecular weight is 519 g/mol. The highest BCUT2D eigenvalue weighted by atomic mass is 31.2. The molecule has 2 bridgehead atoms. The first-order valence-corrected chi connectivity index (χ1v) is 13.5. The zero-order valence-corrected chi connectivity index (χ0v) is 21.2. The number of nitrogens with one attached hydrogen (secondary N) is 2. The van der Waals surface area contributed by atoms with Gasteiger partial charge in [0.25, 0.3) is 5.56 Å². The van der Waals surface area contributed by atoms with Crippen LogP contribution in [-0.2, 0) is 23.4 Å². The van der Waals surface area contributed by atoms with Gasteiger partial charge < -0.3 is 14.0 Å². The summed E-state index contributed by atoms with van der Waals surface area (Å²) in [6.45, 7) is 3.68. The van der Waals surface area contributed by atoms with Crippen LogP contribution >= 0.6 is 7.75 Å². The van der Waals surface area contributed by atoms with Crippen LogP contribution < -0.4 is 20.9 Å². The Morgan fingerprint density at radius 1 is 1.33 bits per heavy atom. The normalized spacial score (nSPS) is 30.6. The van der Waals surface area contributed by atoms with Crippen molar-refractivity contribution in [2.45, 2.75) is 44.9 Å². The standard InChI is InChI=1S/C24H30N3O8P/c1-14-11-27(23(30)25-21(14)28)19-16-9-18-20(19)33-12-24(18,10-16)13-34-36(31,26-15(2)22(29)32-3)35-17-7-5-4-6-8-17/h4-8,11,15-16,18-20H,9-10,12-13H2,1-3H3,(H,26,31)(H,25,28,30)/t15-,16?,18?,19?,20?,24?,36?/m0/s1. The fraction of sp³-hybridized carbons (Fsp3) is 0.542. The molecule has 2 aromatic rings. The van der Waals surface area contributed by atoms with Crippen LogP contribution in [0.4, 0.5) is 0 Å². The summed E-state index contributed by atoms with van der Waals surface area (Å²) in [5.74, 6) is -0.0214. The zero-order chi connectivity index (χ0) is 25.7. The first kappa shape index (κ1) is 25.0. The molecule has 12 heteroatoms. The Bertz CT molecular complexity index is 1310. The summed E-state index contributed by atoms with van der Waals surface area (Å²) in [6.07, 6.45) is 2.93. The van der Waals surface area contributed by atoms with Gasteiger partial charge in [-0.1, -0.05) is 18.2 Å². The number of aromatic nitrogens is 2. The fourth-order valence-corrected chi connectivity index (χ4v) is 7.60. The molecule has 0 radical (unpaired) electrons. The molecule has 2 saturated carbocycles. The molecule has 2 heterocycles. The van der Waals surface area contributed by atoms with Crippen molar-refractivity contribution in [1.82, 2.24) is 14.6 Å². The number of methoxy groups -OCH3 is 1. The van der Waals surface area contributed by atoms with Gasteiger partial charge >= 0.3 is 19.4 Å². The summed E-state index contributed by atoms with van der Waals surface area (Å²) in [5.41, 5.74) is -0.757. The first-order valence-electron chi connectivity index (χ1n) is 11.9. The summed E-state index contributed by atoms with van der Waals surface area (Å²) in [5, 5.41) is 2.69. The third kappa shape index (κ3) is 4.34. The van der Waals surface area contributed by atoms with Crippen LogP contribution in [0.2, 0.25) is 0 Å². The second kappa shape index (κ2) is 9.30. The summed E-state index contributed by atoms with van der Waals surface area (Å²) < 4.78 is 38.0. The number of hydrogen-bond acceptors (Lipinski definition) is 8. The number of carbonyl (C=O) groups is 1. The molecule has 1 aromatic heterocycles. The number of H-pyrrole nitrogens is 1. The van der Waals surface area contributed by atoms with Gasteiger partial charge in [-0.05, 0) is 50.7 Å². The van der Waals surface area contributed by atoms with Crippen LogP contribution in [0.5, 0.6) is 5.75 Å². The van der Waals surface area contributed by atoms with E-state index in [9.17, 15) is 18.9 Å². The van der Waals surface area contributed by atoms with Gasteiger partial charge in [-0.3, -0.25) is 23.7 Å². The molecule has 7 atom stereocenters. The second-order valence-corrected chi connectivity index (χ2v) is 11.7. The molecular formula is C24H30N3O8P. The third-order valence-electron chi connectivity index (χ3n) is 7.66. The summed E-state index contributed by atoms with van der Waals surface area (Å²) in [7, 11) is -2.72. The van der Waals surface area contributed by atoms with E-state index in [0.29, 0.717) is 24.3 Å². The third-order valence-corrected chi connectivity index (χ3v) is 9.28. The number of aryl methyl sites for hydroxylation is 1. The van der Waals surface area contributed by atoms with Crippen LogP contribution in [0.25, 0.3) is 0 Å². The van der Waals surface area contributed by atoms with Crippen molar-refractivity contribution in [3.05, 3.63) is 62.9 Å². The number of esters is 1. The van der Waals surface area contributed by atoms with Gasteiger partial charge in [0, 0.05) is 17.2 Å². The van der Waals surface area contributed by atoms with Gasteiger partial charge in [0.1, 0.15) is 11.8 Å². The molecule has 0 amide bonds. The largest absolute Gasteiger partial charge is 0.468 e. The number of carbonyl (C=O) groups excluding carboxylic acids is 1. The topological polar surface area (TPSA) is 138 Å². The van der Waals surface area contributed by atoms with Crippen LogP contribution in [0.1, 0.15) is 31.4 Å². The lowest BCUT2D eigenvalue weighted by Crippen LogP contribution is -2.43. The maximum atomic E-state index is 13.8. The smallest absolute Gasteiger partial charge is 0.459 e. The predicted octanol–water partition coefficient (Wildman–Crippen LogP) is 2.17. The zero-order valence-electron chi connectivity index (χ0n) is 20.3. The monoisotopic (exact) mass is 519 g/mol. The van der Waals surface area contributed by atoms with Crippen molar-refractivity contribution >= 4 is 13.7 Å². The number of ether oxygens (including phenoxy) is 2. The van der Waals surface area contributed by atoms with Crippen LogP contribution in [0.15, 0.2) is 46.1 Å². The Labute approximate surface area is 207 Å².